The summed E-state index contributed by atoms with van der Waals surface area (Å²) in [5.74, 6) is 0.518. The lowest BCUT2D eigenvalue weighted by atomic mass is 9.91. The standard InChI is InChI=1S/C12H17IN6/c1-15-7-2-4-8(5-3-7)19-12-9(10(13)18-19)11(14)16-6-17-12/h6-8,15H,2-5H2,1H3,(H2,14,16,17). The maximum Gasteiger partial charge on any atom is 0.164 e. The van der Waals surface area contributed by atoms with Crippen molar-refractivity contribution < 1.29 is 0 Å². The van der Waals surface area contributed by atoms with E-state index in [1.807, 2.05) is 11.7 Å². The minimum absolute atomic E-state index is 0.421. The molecule has 2 aromatic rings. The predicted molar refractivity (Wildman–Crippen MR) is 82.8 cm³/mol. The van der Waals surface area contributed by atoms with Gasteiger partial charge in [-0.3, -0.25) is 0 Å². The van der Waals surface area contributed by atoms with Crippen LogP contribution in [0.5, 0.6) is 0 Å². The summed E-state index contributed by atoms with van der Waals surface area (Å²) in [7, 11) is 2.03. The van der Waals surface area contributed by atoms with Gasteiger partial charge >= 0.3 is 0 Å². The van der Waals surface area contributed by atoms with E-state index >= 15 is 0 Å². The fraction of sp³-hybridized carbons (Fsp3) is 0.583. The van der Waals surface area contributed by atoms with E-state index in [1.54, 1.807) is 0 Å². The number of fused-ring (bicyclic) bond motifs is 1. The number of hydrogen-bond acceptors (Lipinski definition) is 5. The fourth-order valence-corrected chi connectivity index (χ4v) is 3.57. The van der Waals surface area contributed by atoms with Crippen molar-refractivity contribution in [2.45, 2.75) is 37.8 Å². The highest BCUT2D eigenvalue weighted by atomic mass is 127. The van der Waals surface area contributed by atoms with Gasteiger partial charge in [-0.1, -0.05) is 0 Å². The van der Waals surface area contributed by atoms with Gasteiger partial charge in [-0.15, -0.1) is 0 Å². The first-order valence-corrected chi connectivity index (χ1v) is 7.60. The van der Waals surface area contributed by atoms with Gasteiger partial charge in [0.25, 0.3) is 0 Å². The molecule has 1 saturated carbocycles. The fourth-order valence-electron chi connectivity index (χ4n) is 2.82. The molecule has 2 aromatic heterocycles. The summed E-state index contributed by atoms with van der Waals surface area (Å²) >= 11 is 2.21. The van der Waals surface area contributed by atoms with Crippen molar-refractivity contribution in [1.82, 2.24) is 25.1 Å². The number of rotatable bonds is 2. The molecule has 0 bridgehead atoms. The molecule has 2 heterocycles. The second-order valence-corrected chi connectivity index (χ2v) is 6.01. The van der Waals surface area contributed by atoms with Gasteiger partial charge in [0.2, 0.25) is 0 Å². The molecule has 0 radical (unpaired) electrons. The highest BCUT2D eigenvalue weighted by Crippen LogP contribution is 2.32. The van der Waals surface area contributed by atoms with Crippen LogP contribution in [0, 0.1) is 3.70 Å². The quantitative estimate of drug-likeness (QED) is 0.785. The van der Waals surface area contributed by atoms with E-state index in [0.29, 0.717) is 17.9 Å². The predicted octanol–water partition coefficient (Wildman–Crippen LogP) is 1.72. The van der Waals surface area contributed by atoms with Crippen molar-refractivity contribution in [1.29, 1.82) is 0 Å². The smallest absolute Gasteiger partial charge is 0.164 e. The molecule has 0 amide bonds. The van der Waals surface area contributed by atoms with Gasteiger partial charge < -0.3 is 11.1 Å². The Balaban J connectivity index is 1.96. The lowest BCUT2D eigenvalue weighted by Gasteiger charge is -2.28. The summed E-state index contributed by atoms with van der Waals surface area (Å²) in [6.07, 6.45) is 6.13. The van der Waals surface area contributed by atoms with Gasteiger partial charge in [-0.05, 0) is 55.3 Å². The van der Waals surface area contributed by atoms with Crippen molar-refractivity contribution in [3.05, 3.63) is 10.0 Å². The zero-order chi connectivity index (χ0) is 13.4. The molecular formula is C12H17IN6. The molecule has 102 valence electrons. The molecule has 3 N–H and O–H groups in total. The Labute approximate surface area is 125 Å². The second kappa shape index (κ2) is 5.20. The van der Waals surface area contributed by atoms with Gasteiger partial charge in [-0.25, -0.2) is 14.6 Å². The van der Waals surface area contributed by atoms with E-state index in [9.17, 15) is 0 Å². The van der Waals surface area contributed by atoms with E-state index in [0.717, 1.165) is 27.6 Å². The molecule has 0 aromatic carbocycles. The Kier molecular flexibility index (Phi) is 3.57. The maximum absolute atomic E-state index is 5.92. The molecule has 1 aliphatic carbocycles. The highest BCUT2D eigenvalue weighted by Gasteiger charge is 2.25. The van der Waals surface area contributed by atoms with Crippen LogP contribution in [0.1, 0.15) is 31.7 Å². The number of nitrogen functional groups attached to an aromatic ring is 1. The van der Waals surface area contributed by atoms with E-state index < -0.39 is 0 Å². The van der Waals surface area contributed by atoms with E-state index in [2.05, 4.69) is 43.0 Å². The Bertz CT molecular complexity index is 587. The molecule has 3 rings (SSSR count). The van der Waals surface area contributed by atoms with Crippen molar-refractivity contribution in [2.75, 3.05) is 12.8 Å². The molecule has 1 fully saturated rings. The third kappa shape index (κ3) is 2.29. The summed E-state index contributed by atoms with van der Waals surface area (Å²) in [5.41, 5.74) is 6.79. The maximum atomic E-state index is 5.92. The molecule has 0 aliphatic heterocycles. The largest absolute Gasteiger partial charge is 0.383 e. The number of hydrogen-bond donors (Lipinski definition) is 2. The lowest BCUT2D eigenvalue weighted by molar-refractivity contribution is 0.288. The summed E-state index contributed by atoms with van der Waals surface area (Å²) in [4.78, 5) is 8.42. The minimum atomic E-state index is 0.421. The third-order valence-electron chi connectivity index (χ3n) is 3.93. The van der Waals surface area contributed by atoms with Gasteiger partial charge in [0.1, 0.15) is 15.8 Å². The van der Waals surface area contributed by atoms with Gasteiger partial charge in [-0.2, -0.15) is 5.10 Å². The molecule has 1 aliphatic rings. The molecular weight excluding hydrogens is 355 g/mol. The summed E-state index contributed by atoms with van der Waals surface area (Å²) in [6, 6.07) is 1.06. The number of nitrogens with zero attached hydrogens (tertiary/aromatic N) is 4. The van der Waals surface area contributed by atoms with Crippen LogP contribution in [0.3, 0.4) is 0 Å². The number of aromatic nitrogens is 4. The van der Waals surface area contributed by atoms with Crippen molar-refractivity contribution in [2.24, 2.45) is 0 Å². The van der Waals surface area contributed by atoms with Crippen LogP contribution in [-0.2, 0) is 0 Å². The Morgan fingerprint density at radius 2 is 2.05 bits per heavy atom. The molecule has 19 heavy (non-hydrogen) atoms. The molecule has 0 atom stereocenters. The van der Waals surface area contributed by atoms with Crippen LogP contribution in [0.25, 0.3) is 11.0 Å². The average molecular weight is 372 g/mol. The Morgan fingerprint density at radius 1 is 1.32 bits per heavy atom. The molecule has 7 heteroatoms. The van der Waals surface area contributed by atoms with Crippen molar-refractivity contribution in [3.8, 4) is 0 Å². The Morgan fingerprint density at radius 3 is 2.74 bits per heavy atom. The highest BCUT2D eigenvalue weighted by molar-refractivity contribution is 14.1. The normalized spacial score (nSPS) is 23.9. The average Bonchev–Trinajstić information content (AvgIpc) is 2.78. The minimum Gasteiger partial charge on any atom is -0.383 e. The van der Waals surface area contributed by atoms with Crippen LogP contribution < -0.4 is 11.1 Å². The summed E-state index contributed by atoms with van der Waals surface area (Å²) < 4.78 is 2.93. The SMILES string of the molecule is CNC1CCC(n2nc(I)c3c(N)ncnc32)CC1. The van der Waals surface area contributed by atoms with Crippen molar-refractivity contribution in [3.63, 3.8) is 0 Å². The molecule has 0 unspecified atom stereocenters. The zero-order valence-corrected chi connectivity index (χ0v) is 13.0. The summed E-state index contributed by atoms with van der Waals surface area (Å²) in [5, 5.41) is 8.86. The van der Waals surface area contributed by atoms with Crippen LogP contribution >= 0.6 is 22.6 Å². The van der Waals surface area contributed by atoms with E-state index in [1.165, 1.54) is 19.2 Å². The molecule has 0 spiro atoms. The monoisotopic (exact) mass is 372 g/mol. The first-order valence-electron chi connectivity index (χ1n) is 6.52. The molecule has 0 saturated heterocycles. The summed E-state index contributed by atoms with van der Waals surface area (Å²) in [6.45, 7) is 0. The van der Waals surface area contributed by atoms with E-state index in [4.69, 9.17) is 5.73 Å². The van der Waals surface area contributed by atoms with Crippen LogP contribution in [-0.4, -0.2) is 32.8 Å². The number of nitrogens with one attached hydrogen (secondary N) is 1. The first-order chi connectivity index (χ1) is 9.20. The zero-order valence-electron chi connectivity index (χ0n) is 10.8. The number of anilines is 1. The number of halogens is 1. The van der Waals surface area contributed by atoms with Gasteiger partial charge in [0, 0.05) is 6.04 Å². The van der Waals surface area contributed by atoms with Crippen LogP contribution in [0.15, 0.2) is 6.33 Å². The van der Waals surface area contributed by atoms with E-state index in [-0.39, 0.29) is 0 Å². The third-order valence-corrected chi connectivity index (χ3v) is 4.68. The van der Waals surface area contributed by atoms with Crippen LogP contribution in [0.4, 0.5) is 5.82 Å². The first kappa shape index (κ1) is 13.0. The second-order valence-electron chi connectivity index (χ2n) is 4.99. The van der Waals surface area contributed by atoms with Crippen LogP contribution in [0.2, 0.25) is 0 Å². The Hall–Kier alpha value is -0.960. The van der Waals surface area contributed by atoms with Gasteiger partial charge in [0.15, 0.2) is 5.65 Å². The lowest BCUT2D eigenvalue weighted by Crippen LogP contribution is -2.31. The van der Waals surface area contributed by atoms with Crippen molar-refractivity contribution >= 4 is 39.4 Å². The van der Waals surface area contributed by atoms with Gasteiger partial charge in [0.05, 0.1) is 11.4 Å². The number of nitrogens with two attached hydrogens (primary N) is 1. The molecule has 6 nitrogen and oxygen atoms in total. The topological polar surface area (TPSA) is 81.7 Å².